The predicted molar refractivity (Wildman–Crippen MR) is 68.7 cm³/mol. The summed E-state index contributed by atoms with van der Waals surface area (Å²) in [7, 11) is -2.94. The smallest absolute Gasteiger partial charge is 0.344 e. The third-order valence-corrected chi connectivity index (χ3v) is 4.00. The largest absolute Gasteiger partial charge is 0.454 e. The molecule has 118 valence electrons. The molecule has 0 aromatic carbocycles. The monoisotopic (exact) mass is 320 g/mol. The van der Waals surface area contributed by atoms with Gasteiger partial charge in [-0.2, -0.15) is 0 Å². The SMILES string of the molecule is C=CC(=O)OCC(=O)OC1(C)CC2OC1CC2O[SH](=O)=O. The summed E-state index contributed by atoms with van der Waals surface area (Å²) >= 11 is 0. The van der Waals surface area contributed by atoms with Gasteiger partial charge in [-0.3, -0.25) is 4.18 Å². The van der Waals surface area contributed by atoms with Crippen LogP contribution >= 0.6 is 0 Å². The maximum Gasteiger partial charge on any atom is 0.344 e. The fraction of sp³-hybridized carbons (Fsp3) is 0.667. The van der Waals surface area contributed by atoms with E-state index in [-0.39, 0.29) is 0 Å². The van der Waals surface area contributed by atoms with Crippen LogP contribution in [0.2, 0.25) is 0 Å². The van der Waals surface area contributed by atoms with Crippen molar-refractivity contribution in [2.24, 2.45) is 0 Å². The molecule has 4 atom stereocenters. The molecule has 2 heterocycles. The summed E-state index contributed by atoms with van der Waals surface area (Å²) in [5.41, 5.74) is -0.878. The number of esters is 2. The minimum atomic E-state index is -2.94. The number of carbonyl (C=O) groups excluding carboxylic acids is 2. The van der Waals surface area contributed by atoms with Gasteiger partial charge in [0, 0.05) is 18.9 Å². The molecule has 0 aromatic rings. The second-order valence-electron chi connectivity index (χ2n) is 5.07. The first kappa shape index (κ1) is 15.9. The molecule has 0 aliphatic carbocycles. The minimum Gasteiger partial charge on any atom is -0.454 e. The van der Waals surface area contributed by atoms with E-state index < -0.39 is 53.4 Å². The Labute approximate surface area is 123 Å². The standard InChI is InChI=1S/C12H16O8S/c1-3-10(13)17-6-11(14)19-12(2)5-8-7(20-21(15)16)4-9(12)18-8/h3,7-9,21H,1,4-6H2,2H3. The van der Waals surface area contributed by atoms with Gasteiger partial charge in [-0.15, -0.1) is 0 Å². The van der Waals surface area contributed by atoms with E-state index in [1.54, 1.807) is 6.92 Å². The molecule has 9 heteroatoms. The Kier molecular flexibility index (Phi) is 4.64. The van der Waals surface area contributed by atoms with E-state index in [0.717, 1.165) is 6.08 Å². The van der Waals surface area contributed by atoms with Crippen molar-refractivity contribution >= 4 is 22.9 Å². The average Bonchev–Trinajstić information content (AvgIpc) is 2.91. The van der Waals surface area contributed by atoms with Crippen molar-refractivity contribution in [3.05, 3.63) is 12.7 Å². The molecule has 0 saturated carbocycles. The lowest BCUT2D eigenvalue weighted by Crippen LogP contribution is -2.45. The fourth-order valence-electron chi connectivity index (χ4n) is 2.63. The van der Waals surface area contributed by atoms with Gasteiger partial charge in [0.2, 0.25) is 0 Å². The molecule has 2 fully saturated rings. The summed E-state index contributed by atoms with van der Waals surface area (Å²) in [6, 6.07) is 0. The van der Waals surface area contributed by atoms with Crippen LogP contribution in [0.5, 0.6) is 0 Å². The van der Waals surface area contributed by atoms with Crippen LogP contribution in [0.25, 0.3) is 0 Å². The third kappa shape index (κ3) is 3.60. The Morgan fingerprint density at radius 1 is 1.48 bits per heavy atom. The van der Waals surface area contributed by atoms with E-state index in [1.807, 2.05) is 0 Å². The lowest BCUT2D eigenvalue weighted by molar-refractivity contribution is -0.172. The average molecular weight is 320 g/mol. The first-order valence-electron chi connectivity index (χ1n) is 6.31. The summed E-state index contributed by atoms with van der Waals surface area (Å²) in [4.78, 5) is 22.5. The third-order valence-electron chi connectivity index (χ3n) is 3.56. The molecule has 2 bridgehead atoms. The van der Waals surface area contributed by atoms with Crippen molar-refractivity contribution in [1.82, 2.24) is 0 Å². The highest BCUT2D eigenvalue weighted by molar-refractivity contribution is 7.67. The number of carbonyl (C=O) groups is 2. The molecule has 8 nitrogen and oxygen atoms in total. The van der Waals surface area contributed by atoms with Crippen molar-refractivity contribution in [3.63, 3.8) is 0 Å². The van der Waals surface area contributed by atoms with E-state index in [1.165, 1.54) is 0 Å². The van der Waals surface area contributed by atoms with Crippen LogP contribution < -0.4 is 0 Å². The number of hydrogen-bond donors (Lipinski definition) is 1. The molecule has 2 rings (SSSR count). The number of rotatable bonds is 6. The van der Waals surface area contributed by atoms with Crippen molar-refractivity contribution in [2.45, 2.75) is 43.7 Å². The molecule has 0 spiro atoms. The van der Waals surface area contributed by atoms with Gasteiger partial charge in [-0.1, -0.05) is 6.58 Å². The molecule has 0 radical (unpaired) electrons. The van der Waals surface area contributed by atoms with Gasteiger partial charge in [-0.25, -0.2) is 18.0 Å². The van der Waals surface area contributed by atoms with Gasteiger partial charge in [0.05, 0.1) is 6.10 Å². The van der Waals surface area contributed by atoms with Gasteiger partial charge >= 0.3 is 11.9 Å². The quantitative estimate of drug-likeness (QED) is 0.396. The first-order chi connectivity index (χ1) is 9.84. The van der Waals surface area contributed by atoms with Crippen LogP contribution in [-0.2, 0) is 39.0 Å². The highest BCUT2D eigenvalue weighted by Crippen LogP contribution is 2.45. The Morgan fingerprint density at radius 3 is 2.71 bits per heavy atom. The Balaban J connectivity index is 1.87. The zero-order chi connectivity index (χ0) is 15.6. The molecule has 2 saturated heterocycles. The first-order valence-corrected chi connectivity index (χ1v) is 7.41. The Hall–Kier alpha value is -1.45. The fourth-order valence-corrected chi connectivity index (χ4v) is 3.07. The molecular formula is C12H16O8S. The molecule has 21 heavy (non-hydrogen) atoms. The van der Waals surface area contributed by atoms with Crippen LogP contribution in [0.15, 0.2) is 12.7 Å². The number of hydrogen-bond acceptors (Lipinski definition) is 8. The van der Waals surface area contributed by atoms with Crippen molar-refractivity contribution in [3.8, 4) is 0 Å². The van der Waals surface area contributed by atoms with Gasteiger partial charge < -0.3 is 14.2 Å². The molecule has 2 aliphatic heterocycles. The van der Waals surface area contributed by atoms with Gasteiger partial charge in [-0.05, 0) is 6.92 Å². The molecule has 2 aliphatic rings. The minimum absolute atomic E-state index is 0.324. The number of thiol groups is 1. The van der Waals surface area contributed by atoms with Gasteiger partial charge in [0.25, 0.3) is 11.0 Å². The van der Waals surface area contributed by atoms with E-state index in [2.05, 4.69) is 11.3 Å². The predicted octanol–water partition coefficient (Wildman–Crippen LogP) is -0.510. The summed E-state index contributed by atoms with van der Waals surface area (Å²) in [5, 5.41) is 0. The summed E-state index contributed by atoms with van der Waals surface area (Å²) < 4.78 is 41.3. The van der Waals surface area contributed by atoms with E-state index >= 15 is 0 Å². The second kappa shape index (κ2) is 6.12. The van der Waals surface area contributed by atoms with Crippen molar-refractivity contribution in [2.75, 3.05) is 6.61 Å². The molecule has 0 aromatic heterocycles. The topological polar surface area (TPSA) is 105 Å². The van der Waals surface area contributed by atoms with E-state index in [0.29, 0.717) is 12.8 Å². The Bertz CT molecular complexity index is 519. The van der Waals surface area contributed by atoms with Crippen LogP contribution in [-0.4, -0.2) is 50.9 Å². The zero-order valence-corrected chi connectivity index (χ0v) is 12.2. The zero-order valence-electron chi connectivity index (χ0n) is 11.4. The van der Waals surface area contributed by atoms with E-state index in [9.17, 15) is 18.0 Å². The maximum atomic E-state index is 11.6. The summed E-state index contributed by atoms with van der Waals surface area (Å²) in [6.45, 7) is 4.39. The second-order valence-corrected chi connectivity index (χ2v) is 5.73. The Morgan fingerprint density at radius 2 is 2.19 bits per heavy atom. The van der Waals surface area contributed by atoms with Crippen LogP contribution in [0.3, 0.4) is 0 Å². The highest BCUT2D eigenvalue weighted by atomic mass is 32.2. The normalized spacial score (nSPS) is 33.9. The van der Waals surface area contributed by atoms with Crippen LogP contribution in [0, 0.1) is 0 Å². The molecular weight excluding hydrogens is 304 g/mol. The maximum absolute atomic E-state index is 11.6. The van der Waals surface area contributed by atoms with Crippen LogP contribution in [0.1, 0.15) is 19.8 Å². The number of ether oxygens (including phenoxy) is 3. The van der Waals surface area contributed by atoms with Crippen LogP contribution in [0.4, 0.5) is 0 Å². The molecule has 0 N–H and O–H groups in total. The molecule has 0 amide bonds. The number of fused-ring (bicyclic) bond motifs is 2. The highest BCUT2D eigenvalue weighted by Gasteiger charge is 2.57. The molecule has 4 unspecified atom stereocenters. The van der Waals surface area contributed by atoms with Crippen molar-refractivity contribution in [1.29, 1.82) is 0 Å². The lowest BCUT2D eigenvalue weighted by Gasteiger charge is -2.32. The van der Waals surface area contributed by atoms with Crippen molar-refractivity contribution < 1.29 is 36.4 Å². The van der Waals surface area contributed by atoms with E-state index in [4.69, 9.17) is 13.7 Å². The van der Waals surface area contributed by atoms with Gasteiger partial charge in [0.1, 0.15) is 17.8 Å². The summed E-state index contributed by atoms with van der Waals surface area (Å²) in [6.07, 6.45) is 0.179. The van der Waals surface area contributed by atoms with Gasteiger partial charge in [0.15, 0.2) is 6.61 Å². The summed E-state index contributed by atoms with van der Waals surface area (Å²) in [5.74, 6) is -1.41. The lowest BCUT2D eigenvalue weighted by atomic mass is 9.84.